The van der Waals surface area contributed by atoms with Gasteiger partial charge in [-0.1, -0.05) is 12.1 Å². The predicted octanol–water partition coefficient (Wildman–Crippen LogP) is -2.08. The Morgan fingerprint density at radius 3 is 2.46 bits per heavy atom. The van der Waals surface area contributed by atoms with Crippen LogP contribution < -0.4 is 10.2 Å². The van der Waals surface area contributed by atoms with Crippen molar-refractivity contribution in [3.63, 3.8) is 0 Å². The number of amides is 2. The lowest BCUT2D eigenvalue weighted by molar-refractivity contribution is -0.895. The predicted molar refractivity (Wildman–Crippen MR) is 92.4 cm³/mol. The van der Waals surface area contributed by atoms with Gasteiger partial charge in [-0.2, -0.15) is 4.31 Å². The average molecular weight is 387 g/mol. The minimum Gasteiger partial charge on any atom is -0.358 e. The fourth-order valence-electron chi connectivity index (χ4n) is 2.74. The molecule has 0 unspecified atom stereocenters. The van der Waals surface area contributed by atoms with Gasteiger partial charge in [0.25, 0.3) is 5.91 Å². The van der Waals surface area contributed by atoms with E-state index in [9.17, 15) is 22.4 Å². The Kier molecular flexibility index (Phi) is 6.68. The molecule has 0 aromatic heterocycles. The summed E-state index contributed by atoms with van der Waals surface area (Å²) in [6.45, 7) is 1.45. The molecule has 0 bridgehead atoms. The van der Waals surface area contributed by atoms with E-state index in [1.54, 1.807) is 7.05 Å². The van der Waals surface area contributed by atoms with E-state index >= 15 is 0 Å². The van der Waals surface area contributed by atoms with Crippen molar-refractivity contribution in [1.82, 2.24) is 14.5 Å². The van der Waals surface area contributed by atoms with Gasteiger partial charge in [0.1, 0.15) is 10.7 Å². The van der Waals surface area contributed by atoms with Gasteiger partial charge in [-0.15, -0.1) is 0 Å². The lowest BCUT2D eigenvalue weighted by Crippen LogP contribution is -3.15. The molecule has 0 spiro atoms. The maximum atomic E-state index is 13.8. The van der Waals surface area contributed by atoms with Gasteiger partial charge < -0.3 is 15.1 Å². The van der Waals surface area contributed by atoms with Crippen molar-refractivity contribution in [3.8, 4) is 0 Å². The molecule has 1 aliphatic rings. The summed E-state index contributed by atoms with van der Waals surface area (Å²) in [6.07, 6.45) is 0. The van der Waals surface area contributed by atoms with Crippen LogP contribution in [0, 0.1) is 5.82 Å². The van der Waals surface area contributed by atoms with Crippen molar-refractivity contribution in [2.45, 2.75) is 4.90 Å². The normalized spacial score (nSPS) is 16.3. The molecule has 0 saturated carbocycles. The van der Waals surface area contributed by atoms with Crippen LogP contribution in [0.3, 0.4) is 0 Å². The molecule has 0 aliphatic carbocycles. The van der Waals surface area contributed by atoms with Crippen molar-refractivity contribution in [3.05, 3.63) is 30.1 Å². The van der Waals surface area contributed by atoms with Crippen molar-refractivity contribution in [2.24, 2.45) is 0 Å². The summed E-state index contributed by atoms with van der Waals surface area (Å²) in [5.41, 5.74) is 0. The molecule has 1 aromatic rings. The van der Waals surface area contributed by atoms with Gasteiger partial charge in [-0.05, 0) is 12.1 Å². The smallest absolute Gasteiger partial charge is 0.277 e. The maximum Gasteiger partial charge on any atom is 0.277 e. The number of hydrogen-bond acceptors (Lipinski definition) is 4. The number of benzene rings is 1. The van der Waals surface area contributed by atoms with Gasteiger partial charge >= 0.3 is 0 Å². The van der Waals surface area contributed by atoms with Crippen LogP contribution in [-0.4, -0.2) is 82.8 Å². The molecule has 2 N–H and O–H groups in total. The molecule has 2 rings (SSSR count). The SMILES string of the molecule is CNC(=O)CN(C)C(=O)C[NH+]1CCN(S(=O)(=O)c2ccccc2F)CC1. The van der Waals surface area contributed by atoms with E-state index in [0.29, 0.717) is 13.1 Å². The third-order valence-electron chi connectivity index (χ3n) is 4.37. The standard InChI is InChI=1S/C16H23FN4O4S/c1-18-15(22)11-19(2)16(23)12-20-7-9-21(10-8-20)26(24,25)14-6-4-3-5-13(14)17/h3-6H,7-12H2,1-2H3,(H,18,22)/p+1. The molecule has 1 fully saturated rings. The zero-order valence-corrected chi connectivity index (χ0v) is 15.7. The second-order valence-corrected chi connectivity index (χ2v) is 8.09. The first-order chi connectivity index (χ1) is 12.3. The quantitative estimate of drug-likeness (QED) is 0.586. The first-order valence-electron chi connectivity index (χ1n) is 8.28. The van der Waals surface area contributed by atoms with E-state index in [0.717, 1.165) is 11.0 Å². The second kappa shape index (κ2) is 8.56. The first-order valence-corrected chi connectivity index (χ1v) is 9.72. The van der Waals surface area contributed by atoms with Crippen molar-refractivity contribution in [2.75, 3.05) is 53.4 Å². The fraction of sp³-hybridized carbons (Fsp3) is 0.500. The van der Waals surface area contributed by atoms with Crippen LogP contribution in [0.1, 0.15) is 0 Å². The highest BCUT2D eigenvalue weighted by Gasteiger charge is 2.33. The Hall–Kier alpha value is -2.04. The third-order valence-corrected chi connectivity index (χ3v) is 6.30. The summed E-state index contributed by atoms with van der Waals surface area (Å²) in [5, 5.41) is 2.45. The number of carbonyl (C=O) groups is 2. The maximum absolute atomic E-state index is 13.8. The van der Waals surface area contributed by atoms with Gasteiger partial charge in [0.05, 0.1) is 32.7 Å². The third kappa shape index (κ3) is 4.77. The fourth-order valence-corrected chi connectivity index (χ4v) is 4.25. The largest absolute Gasteiger partial charge is 0.358 e. The van der Waals surface area contributed by atoms with E-state index in [2.05, 4.69) is 5.32 Å². The molecule has 1 saturated heterocycles. The van der Waals surface area contributed by atoms with Gasteiger partial charge in [0.2, 0.25) is 15.9 Å². The number of halogens is 1. The van der Waals surface area contributed by atoms with Gasteiger partial charge in [-0.25, -0.2) is 12.8 Å². The first kappa shape index (κ1) is 20.3. The lowest BCUT2D eigenvalue weighted by Gasteiger charge is -2.31. The molecule has 2 amide bonds. The topological polar surface area (TPSA) is 91.2 Å². The highest BCUT2D eigenvalue weighted by molar-refractivity contribution is 7.89. The number of nitrogens with zero attached hydrogens (tertiary/aromatic N) is 2. The summed E-state index contributed by atoms with van der Waals surface area (Å²) in [6, 6.07) is 5.30. The number of hydrogen-bond donors (Lipinski definition) is 2. The van der Waals surface area contributed by atoms with E-state index in [-0.39, 0.29) is 42.9 Å². The van der Waals surface area contributed by atoms with E-state index < -0.39 is 15.8 Å². The van der Waals surface area contributed by atoms with E-state index in [1.165, 1.54) is 34.5 Å². The number of likely N-dealkylation sites (N-methyl/N-ethyl adjacent to an activating group) is 2. The molecule has 0 radical (unpaired) electrons. The Balaban J connectivity index is 1.92. The molecule has 0 atom stereocenters. The number of rotatable bonds is 6. The summed E-state index contributed by atoms with van der Waals surface area (Å²) in [5.74, 6) is -1.21. The minimum atomic E-state index is -3.88. The molecule has 1 heterocycles. The highest BCUT2D eigenvalue weighted by atomic mass is 32.2. The Morgan fingerprint density at radius 1 is 1.27 bits per heavy atom. The van der Waals surface area contributed by atoms with Gasteiger partial charge in [0, 0.05) is 14.1 Å². The van der Waals surface area contributed by atoms with Crippen LogP contribution in [0.2, 0.25) is 0 Å². The molecule has 10 heteroatoms. The highest BCUT2D eigenvalue weighted by Crippen LogP contribution is 2.18. The molecular weight excluding hydrogens is 363 g/mol. The number of sulfonamides is 1. The van der Waals surface area contributed by atoms with Gasteiger partial charge in [-0.3, -0.25) is 9.59 Å². The van der Waals surface area contributed by atoms with E-state index in [1.807, 2.05) is 0 Å². The van der Waals surface area contributed by atoms with Crippen molar-refractivity contribution < 1.29 is 27.3 Å². The van der Waals surface area contributed by atoms with Crippen LogP contribution in [0.4, 0.5) is 4.39 Å². The minimum absolute atomic E-state index is 0.0175. The number of piperazine rings is 1. The summed E-state index contributed by atoms with van der Waals surface area (Å²) in [4.78, 5) is 25.4. The van der Waals surface area contributed by atoms with Crippen molar-refractivity contribution in [1.29, 1.82) is 0 Å². The summed E-state index contributed by atoms with van der Waals surface area (Å²) < 4.78 is 40.2. The molecule has 8 nitrogen and oxygen atoms in total. The van der Waals surface area contributed by atoms with E-state index in [4.69, 9.17) is 0 Å². The number of carbonyl (C=O) groups excluding carboxylic acids is 2. The van der Waals surface area contributed by atoms with Crippen LogP contribution in [0.5, 0.6) is 0 Å². The van der Waals surface area contributed by atoms with Gasteiger partial charge in [0.15, 0.2) is 6.54 Å². The van der Waals surface area contributed by atoms with Crippen molar-refractivity contribution >= 4 is 21.8 Å². The molecule has 1 aromatic carbocycles. The number of nitrogens with one attached hydrogen (secondary N) is 2. The van der Waals surface area contributed by atoms with Crippen LogP contribution in [0.25, 0.3) is 0 Å². The second-order valence-electron chi connectivity index (χ2n) is 6.18. The Bertz CT molecular complexity index is 763. The lowest BCUT2D eigenvalue weighted by atomic mass is 10.3. The molecule has 144 valence electrons. The average Bonchev–Trinajstić information content (AvgIpc) is 2.62. The molecular formula is C16H24FN4O4S+. The monoisotopic (exact) mass is 387 g/mol. The van der Waals surface area contributed by atoms with Crippen LogP contribution in [0.15, 0.2) is 29.2 Å². The van der Waals surface area contributed by atoms with Crippen LogP contribution >= 0.6 is 0 Å². The zero-order chi connectivity index (χ0) is 19.3. The summed E-state index contributed by atoms with van der Waals surface area (Å²) >= 11 is 0. The molecule has 1 aliphatic heterocycles. The van der Waals surface area contributed by atoms with Crippen LogP contribution in [-0.2, 0) is 19.6 Å². The Labute approximate surface area is 152 Å². The molecule has 26 heavy (non-hydrogen) atoms. The summed E-state index contributed by atoms with van der Waals surface area (Å²) in [7, 11) is -0.831. The Morgan fingerprint density at radius 2 is 1.88 bits per heavy atom. The zero-order valence-electron chi connectivity index (χ0n) is 14.9. The number of quaternary nitrogens is 1.